The maximum absolute atomic E-state index is 11.2. The Balaban J connectivity index is 2.89. The third-order valence-corrected chi connectivity index (χ3v) is 2.16. The molecule has 0 aliphatic heterocycles. The second kappa shape index (κ2) is 3.17. The molecule has 2 aromatic rings. The lowest BCUT2D eigenvalue weighted by atomic mass is 10.2. The minimum Gasteiger partial charge on any atom is -0.321 e. The van der Waals surface area contributed by atoms with Crippen LogP contribution in [0.5, 0.6) is 0 Å². The zero-order chi connectivity index (χ0) is 10.1. The molecule has 1 aromatic heterocycles. The molecule has 0 saturated heterocycles. The van der Waals surface area contributed by atoms with Gasteiger partial charge in [0.2, 0.25) is 0 Å². The van der Waals surface area contributed by atoms with E-state index >= 15 is 0 Å². The summed E-state index contributed by atoms with van der Waals surface area (Å²) in [5.41, 5.74) is 0.403. The molecule has 0 atom stereocenters. The number of hydrogen-bond acceptors (Lipinski definition) is 2. The topological polar surface area (TPSA) is 56.6 Å². The lowest BCUT2D eigenvalue weighted by molar-refractivity contribution is 1.27. The van der Waals surface area contributed by atoms with Crippen molar-refractivity contribution < 1.29 is 0 Å². The molecule has 2 rings (SSSR count). The van der Waals surface area contributed by atoms with Gasteiger partial charge in [-0.3, -0.25) is 4.79 Å². The smallest absolute Gasteiger partial charge is 0.266 e. The lowest BCUT2D eigenvalue weighted by Gasteiger charge is -1.98. The summed E-state index contributed by atoms with van der Waals surface area (Å²) in [6, 6.07) is 8.44. The Morgan fingerprint density at radius 2 is 2.14 bits per heavy atom. The van der Waals surface area contributed by atoms with E-state index in [0.717, 1.165) is 5.39 Å². The molecule has 1 heterocycles. The molecule has 0 amide bonds. The van der Waals surface area contributed by atoms with Crippen LogP contribution in [0.4, 0.5) is 0 Å². The molecule has 0 saturated carbocycles. The van der Waals surface area contributed by atoms with E-state index in [1.807, 2.05) is 6.07 Å². The number of nitrogens with one attached hydrogen (secondary N) is 1. The van der Waals surface area contributed by atoms with Gasteiger partial charge in [-0.1, -0.05) is 11.6 Å². The van der Waals surface area contributed by atoms with Gasteiger partial charge < -0.3 is 4.98 Å². The van der Waals surface area contributed by atoms with Crippen molar-refractivity contribution in [1.29, 1.82) is 5.26 Å². The highest BCUT2D eigenvalue weighted by Crippen LogP contribution is 2.16. The number of nitrogens with zero attached hydrogens (tertiary/aromatic N) is 1. The number of rotatable bonds is 0. The Labute approximate surface area is 84.6 Å². The normalized spacial score (nSPS) is 10.0. The molecule has 0 unspecified atom stereocenters. The fourth-order valence-electron chi connectivity index (χ4n) is 1.26. The van der Waals surface area contributed by atoms with Gasteiger partial charge >= 0.3 is 0 Å². The number of halogens is 1. The maximum Gasteiger partial charge on any atom is 0.266 e. The van der Waals surface area contributed by atoms with Crippen LogP contribution in [-0.4, -0.2) is 4.98 Å². The summed E-state index contributed by atoms with van der Waals surface area (Å²) < 4.78 is 0. The highest BCUT2D eigenvalue weighted by molar-refractivity contribution is 6.31. The average Bonchev–Trinajstić information content (AvgIpc) is 2.17. The Bertz CT molecular complexity index is 595. The Morgan fingerprint density at radius 1 is 1.36 bits per heavy atom. The number of aromatic nitrogens is 1. The number of pyridine rings is 1. The molecule has 68 valence electrons. The molecule has 1 N–H and O–H groups in total. The standard InChI is InChI=1S/C10H5ClN2O/c11-8-1-2-9-6(4-8)3-7(5-12)10(14)13-9/h1-4H,(H,13,14). The summed E-state index contributed by atoms with van der Waals surface area (Å²) in [6.07, 6.45) is 0. The highest BCUT2D eigenvalue weighted by atomic mass is 35.5. The van der Waals surface area contributed by atoms with Crippen LogP contribution in [0.2, 0.25) is 5.02 Å². The number of hydrogen-bond donors (Lipinski definition) is 1. The number of aromatic amines is 1. The first-order chi connectivity index (χ1) is 6.70. The highest BCUT2D eigenvalue weighted by Gasteiger charge is 2.01. The Hall–Kier alpha value is -1.79. The second-order valence-corrected chi connectivity index (χ2v) is 3.29. The molecule has 0 fully saturated rings. The molecule has 0 radical (unpaired) electrons. The minimum atomic E-state index is -0.373. The monoisotopic (exact) mass is 204 g/mol. The molecule has 1 aromatic carbocycles. The first-order valence-corrected chi connectivity index (χ1v) is 4.31. The summed E-state index contributed by atoms with van der Waals surface area (Å²) in [6.45, 7) is 0. The van der Waals surface area contributed by atoms with Crippen molar-refractivity contribution in [2.75, 3.05) is 0 Å². The van der Waals surface area contributed by atoms with E-state index in [2.05, 4.69) is 4.98 Å². The lowest BCUT2D eigenvalue weighted by Crippen LogP contribution is -2.09. The van der Waals surface area contributed by atoms with Crippen LogP contribution >= 0.6 is 11.6 Å². The fourth-order valence-corrected chi connectivity index (χ4v) is 1.44. The predicted molar refractivity (Wildman–Crippen MR) is 54.3 cm³/mol. The number of nitriles is 1. The van der Waals surface area contributed by atoms with Gasteiger partial charge in [0.25, 0.3) is 5.56 Å². The molecule has 4 heteroatoms. The van der Waals surface area contributed by atoms with Crippen LogP contribution in [-0.2, 0) is 0 Å². The molecule has 0 aliphatic carbocycles. The molecule has 0 spiro atoms. The van der Waals surface area contributed by atoms with Gasteiger partial charge in [-0.25, -0.2) is 0 Å². The Kier molecular flexibility index (Phi) is 1.99. The van der Waals surface area contributed by atoms with Crippen molar-refractivity contribution in [3.63, 3.8) is 0 Å². The van der Waals surface area contributed by atoms with E-state index in [-0.39, 0.29) is 11.1 Å². The summed E-state index contributed by atoms with van der Waals surface area (Å²) in [5.74, 6) is 0. The fraction of sp³-hybridized carbons (Fsp3) is 0. The SMILES string of the molecule is N#Cc1cc2cc(Cl)ccc2[nH]c1=O. The van der Waals surface area contributed by atoms with Crippen LogP contribution < -0.4 is 5.56 Å². The third kappa shape index (κ3) is 1.36. The van der Waals surface area contributed by atoms with Gasteiger partial charge in [0, 0.05) is 15.9 Å². The minimum absolute atomic E-state index is 0.0970. The van der Waals surface area contributed by atoms with E-state index in [4.69, 9.17) is 16.9 Å². The summed E-state index contributed by atoms with van der Waals surface area (Å²) in [5, 5.41) is 9.98. The van der Waals surface area contributed by atoms with Gasteiger partial charge in [0.15, 0.2) is 0 Å². The van der Waals surface area contributed by atoms with Crippen molar-refractivity contribution in [2.24, 2.45) is 0 Å². The van der Waals surface area contributed by atoms with Crippen molar-refractivity contribution in [3.8, 4) is 6.07 Å². The first kappa shape index (κ1) is 8.79. The zero-order valence-corrected chi connectivity index (χ0v) is 7.80. The summed E-state index contributed by atoms with van der Waals surface area (Å²) >= 11 is 5.78. The molecule has 14 heavy (non-hydrogen) atoms. The van der Waals surface area contributed by atoms with Crippen molar-refractivity contribution in [3.05, 3.63) is 45.2 Å². The van der Waals surface area contributed by atoms with E-state index < -0.39 is 0 Å². The van der Waals surface area contributed by atoms with Crippen LogP contribution in [0, 0.1) is 11.3 Å². The summed E-state index contributed by atoms with van der Waals surface area (Å²) in [7, 11) is 0. The Morgan fingerprint density at radius 3 is 2.86 bits per heavy atom. The molecule has 0 bridgehead atoms. The number of benzene rings is 1. The number of H-pyrrole nitrogens is 1. The van der Waals surface area contributed by atoms with Crippen molar-refractivity contribution in [2.45, 2.75) is 0 Å². The summed E-state index contributed by atoms with van der Waals surface area (Å²) in [4.78, 5) is 13.8. The number of fused-ring (bicyclic) bond motifs is 1. The van der Waals surface area contributed by atoms with Crippen LogP contribution in [0.15, 0.2) is 29.1 Å². The van der Waals surface area contributed by atoms with Crippen LogP contribution in [0.25, 0.3) is 10.9 Å². The van der Waals surface area contributed by atoms with E-state index in [0.29, 0.717) is 10.5 Å². The van der Waals surface area contributed by atoms with Crippen molar-refractivity contribution in [1.82, 2.24) is 4.98 Å². The molecular weight excluding hydrogens is 200 g/mol. The van der Waals surface area contributed by atoms with E-state index in [9.17, 15) is 4.79 Å². The predicted octanol–water partition coefficient (Wildman–Crippen LogP) is 2.05. The molecule has 3 nitrogen and oxygen atoms in total. The van der Waals surface area contributed by atoms with E-state index in [1.165, 1.54) is 6.07 Å². The van der Waals surface area contributed by atoms with Gasteiger partial charge in [0.1, 0.15) is 11.6 Å². The maximum atomic E-state index is 11.2. The second-order valence-electron chi connectivity index (χ2n) is 2.86. The van der Waals surface area contributed by atoms with Gasteiger partial charge in [-0.05, 0) is 24.3 Å². The van der Waals surface area contributed by atoms with Gasteiger partial charge in [0.05, 0.1) is 0 Å². The average molecular weight is 205 g/mol. The van der Waals surface area contributed by atoms with Gasteiger partial charge in [-0.2, -0.15) is 5.26 Å². The third-order valence-electron chi connectivity index (χ3n) is 1.93. The van der Waals surface area contributed by atoms with Crippen LogP contribution in [0.1, 0.15) is 5.56 Å². The van der Waals surface area contributed by atoms with Gasteiger partial charge in [-0.15, -0.1) is 0 Å². The largest absolute Gasteiger partial charge is 0.321 e. The molecular formula is C10H5ClN2O. The zero-order valence-electron chi connectivity index (χ0n) is 7.04. The van der Waals surface area contributed by atoms with Crippen LogP contribution in [0.3, 0.4) is 0 Å². The van der Waals surface area contributed by atoms with E-state index in [1.54, 1.807) is 18.2 Å². The quantitative estimate of drug-likeness (QED) is 0.714. The van der Waals surface area contributed by atoms with Crippen molar-refractivity contribution >= 4 is 22.5 Å². The first-order valence-electron chi connectivity index (χ1n) is 3.93. The molecule has 0 aliphatic rings.